The standard InChI is InChI=1S/C8H13N3O4/c1-2-15-8(12)6-10-4-3-9-7(10)5-11(13)14/h5,9H,2-4,6H2,1H3/b7-5+. The summed E-state index contributed by atoms with van der Waals surface area (Å²) in [5, 5.41) is 13.1. The Kier molecular flexibility index (Phi) is 3.90. The van der Waals surface area contributed by atoms with Crippen LogP contribution in [0.4, 0.5) is 0 Å². The van der Waals surface area contributed by atoms with Crippen molar-refractivity contribution in [3.63, 3.8) is 0 Å². The SMILES string of the molecule is CCOC(=O)CN1CCN/C1=C\[N+](=O)[O-]. The van der Waals surface area contributed by atoms with Gasteiger partial charge >= 0.3 is 5.97 Å². The molecular formula is C8H13N3O4. The van der Waals surface area contributed by atoms with E-state index in [0.717, 1.165) is 6.20 Å². The largest absolute Gasteiger partial charge is 0.465 e. The first-order valence-electron chi connectivity index (χ1n) is 4.63. The van der Waals surface area contributed by atoms with E-state index in [0.29, 0.717) is 25.5 Å². The van der Waals surface area contributed by atoms with E-state index in [2.05, 4.69) is 5.32 Å². The third-order valence-electron chi connectivity index (χ3n) is 1.88. The van der Waals surface area contributed by atoms with Crippen molar-refractivity contribution in [1.29, 1.82) is 0 Å². The van der Waals surface area contributed by atoms with Gasteiger partial charge in [-0.3, -0.25) is 14.9 Å². The topological polar surface area (TPSA) is 84.7 Å². The summed E-state index contributed by atoms with van der Waals surface area (Å²) in [5.74, 6) is -0.0245. The molecule has 0 aliphatic carbocycles. The molecule has 1 rings (SSSR count). The molecule has 0 unspecified atom stereocenters. The summed E-state index contributed by atoms with van der Waals surface area (Å²) in [6, 6.07) is 0. The number of esters is 1. The normalized spacial score (nSPS) is 17.7. The summed E-state index contributed by atoms with van der Waals surface area (Å²) in [5.41, 5.74) is 0. The molecule has 15 heavy (non-hydrogen) atoms. The summed E-state index contributed by atoms with van der Waals surface area (Å²) in [7, 11) is 0. The van der Waals surface area contributed by atoms with E-state index in [1.54, 1.807) is 11.8 Å². The maximum Gasteiger partial charge on any atom is 0.325 e. The molecule has 7 nitrogen and oxygen atoms in total. The van der Waals surface area contributed by atoms with Gasteiger partial charge in [-0.1, -0.05) is 0 Å². The second-order valence-electron chi connectivity index (χ2n) is 2.95. The Bertz CT molecular complexity index is 290. The first-order valence-corrected chi connectivity index (χ1v) is 4.63. The van der Waals surface area contributed by atoms with Crippen LogP contribution in [-0.4, -0.2) is 42.0 Å². The smallest absolute Gasteiger partial charge is 0.325 e. The molecular weight excluding hydrogens is 202 g/mol. The van der Waals surface area contributed by atoms with E-state index >= 15 is 0 Å². The minimum Gasteiger partial charge on any atom is -0.465 e. The van der Waals surface area contributed by atoms with Gasteiger partial charge in [0.15, 0.2) is 5.82 Å². The zero-order valence-electron chi connectivity index (χ0n) is 8.43. The molecule has 0 spiro atoms. The molecule has 0 aromatic heterocycles. The van der Waals surface area contributed by atoms with Crippen LogP contribution < -0.4 is 5.32 Å². The molecule has 1 fully saturated rings. The number of nitro groups is 1. The average molecular weight is 215 g/mol. The lowest BCUT2D eigenvalue weighted by Gasteiger charge is -2.15. The quantitative estimate of drug-likeness (QED) is 0.387. The number of hydrogen-bond acceptors (Lipinski definition) is 6. The Morgan fingerprint density at radius 3 is 3.13 bits per heavy atom. The van der Waals surface area contributed by atoms with Crippen LogP contribution in [0.15, 0.2) is 12.0 Å². The first kappa shape index (κ1) is 11.3. The fourth-order valence-electron chi connectivity index (χ4n) is 1.31. The van der Waals surface area contributed by atoms with Gasteiger partial charge in [-0.25, -0.2) is 0 Å². The van der Waals surface area contributed by atoms with Gasteiger partial charge in [-0.2, -0.15) is 0 Å². The number of nitrogens with one attached hydrogen (secondary N) is 1. The van der Waals surface area contributed by atoms with Crippen molar-refractivity contribution in [2.24, 2.45) is 0 Å². The Morgan fingerprint density at radius 1 is 1.80 bits per heavy atom. The number of hydrogen-bond donors (Lipinski definition) is 1. The van der Waals surface area contributed by atoms with E-state index in [1.165, 1.54) is 0 Å². The molecule has 7 heteroatoms. The third-order valence-corrected chi connectivity index (χ3v) is 1.88. The minimum atomic E-state index is -0.550. The van der Waals surface area contributed by atoms with Crippen LogP contribution in [0, 0.1) is 10.1 Å². The minimum absolute atomic E-state index is 0.0422. The van der Waals surface area contributed by atoms with Crippen molar-refractivity contribution in [2.45, 2.75) is 6.92 Å². The summed E-state index contributed by atoms with van der Waals surface area (Å²) >= 11 is 0. The van der Waals surface area contributed by atoms with Crippen molar-refractivity contribution in [1.82, 2.24) is 10.2 Å². The molecule has 84 valence electrons. The van der Waals surface area contributed by atoms with E-state index in [4.69, 9.17) is 4.74 Å². The van der Waals surface area contributed by atoms with Crippen LogP contribution in [0.5, 0.6) is 0 Å². The predicted octanol–water partition coefficient (Wildman–Crippen LogP) is -0.470. The Balaban J connectivity index is 2.53. The summed E-state index contributed by atoms with van der Waals surface area (Å²) < 4.78 is 4.75. The summed E-state index contributed by atoms with van der Waals surface area (Å²) in [4.78, 5) is 22.4. The second-order valence-corrected chi connectivity index (χ2v) is 2.95. The average Bonchev–Trinajstić information content (AvgIpc) is 2.52. The van der Waals surface area contributed by atoms with E-state index < -0.39 is 4.92 Å². The van der Waals surface area contributed by atoms with Crippen molar-refractivity contribution < 1.29 is 14.5 Å². The summed E-state index contributed by atoms with van der Waals surface area (Å²) in [6.07, 6.45) is 0.853. The van der Waals surface area contributed by atoms with Crippen LogP contribution in [0.1, 0.15) is 6.92 Å². The van der Waals surface area contributed by atoms with E-state index in [1.807, 2.05) is 0 Å². The molecule has 1 saturated heterocycles. The highest BCUT2D eigenvalue weighted by atomic mass is 16.6. The molecule has 1 N–H and O–H groups in total. The van der Waals surface area contributed by atoms with E-state index in [-0.39, 0.29) is 12.5 Å². The molecule has 0 radical (unpaired) electrons. The maximum atomic E-state index is 11.1. The van der Waals surface area contributed by atoms with Gasteiger partial charge in [0, 0.05) is 13.1 Å². The number of rotatable bonds is 4. The maximum absolute atomic E-state index is 11.1. The van der Waals surface area contributed by atoms with Crippen molar-refractivity contribution in [3.8, 4) is 0 Å². The fourth-order valence-corrected chi connectivity index (χ4v) is 1.31. The Hall–Kier alpha value is -1.79. The molecule has 1 aliphatic heterocycles. The first-order chi connectivity index (χ1) is 7.13. The van der Waals surface area contributed by atoms with Crippen molar-refractivity contribution >= 4 is 5.97 Å². The van der Waals surface area contributed by atoms with Crippen LogP contribution in [0.2, 0.25) is 0 Å². The molecule has 1 heterocycles. The van der Waals surface area contributed by atoms with Gasteiger partial charge in [0.2, 0.25) is 0 Å². The number of carbonyl (C=O) groups excluding carboxylic acids is 1. The number of nitrogens with zero attached hydrogens (tertiary/aromatic N) is 2. The molecule has 0 saturated carbocycles. The number of carbonyl (C=O) groups is 1. The van der Waals surface area contributed by atoms with Gasteiger partial charge in [-0.05, 0) is 6.92 Å². The predicted molar refractivity (Wildman–Crippen MR) is 51.3 cm³/mol. The van der Waals surface area contributed by atoms with Crippen molar-refractivity contribution in [3.05, 3.63) is 22.1 Å². The molecule has 0 aromatic rings. The van der Waals surface area contributed by atoms with Crippen LogP contribution in [0.3, 0.4) is 0 Å². The number of ether oxygens (including phenoxy) is 1. The highest BCUT2D eigenvalue weighted by Gasteiger charge is 2.22. The lowest BCUT2D eigenvalue weighted by molar-refractivity contribution is -0.404. The summed E-state index contributed by atoms with van der Waals surface area (Å²) in [6.45, 7) is 3.24. The zero-order chi connectivity index (χ0) is 11.3. The van der Waals surface area contributed by atoms with Gasteiger partial charge in [0.1, 0.15) is 6.54 Å². The molecule has 0 bridgehead atoms. The van der Waals surface area contributed by atoms with Gasteiger partial charge in [0.05, 0.1) is 11.5 Å². The van der Waals surface area contributed by atoms with Crippen LogP contribution >= 0.6 is 0 Å². The molecule has 0 amide bonds. The molecule has 0 aromatic carbocycles. The van der Waals surface area contributed by atoms with Crippen molar-refractivity contribution in [2.75, 3.05) is 26.2 Å². The van der Waals surface area contributed by atoms with Gasteiger partial charge < -0.3 is 15.0 Å². The lowest BCUT2D eigenvalue weighted by atomic mass is 10.5. The van der Waals surface area contributed by atoms with Crippen LogP contribution in [-0.2, 0) is 9.53 Å². The monoisotopic (exact) mass is 215 g/mol. The Labute approximate surface area is 86.8 Å². The molecule has 1 aliphatic rings. The lowest BCUT2D eigenvalue weighted by Crippen LogP contribution is -2.29. The zero-order valence-corrected chi connectivity index (χ0v) is 8.43. The fraction of sp³-hybridized carbons (Fsp3) is 0.625. The second kappa shape index (κ2) is 5.18. The van der Waals surface area contributed by atoms with E-state index in [9.17, 15) is 14.9 Å². The Morgan fingerprint density at radius 2 is 2.53 bits per heavy atom. The molecule has 0 atom stereocenters. The third kappa shape index (κ3) is 3.45. The van der Waals surface area contributed by atoms with Crippen LogP contribution in [0.25, 0.3) is 0 Å². The highest BCUT2D eigenvalue weighted by Crippen LogP contribution is 2.06. The van der Waals surface area contributed by atoms with Gasteiger partial charge in [0.25, 0.3) is 6.20 Å². The van der Waals surface area contributed by atoms with Gasteiger partial charge in [-0.15, -0.1) is 0 Å². The highest BCUT2D eigenvalue weighted by molar-refractivity contribution is 5.72.